The van der Waals surface area contributed by atoms with E-state index in [0.717, 1.165) is 12.8 Å². The van der Waals surface area contributed by atoms with E-state index in [9.17, 15) is 8.78 Å². The van der Waals surface area contributed by atoms with Crippen LogP contribution in [0.1, 0.15) is 19.3 Å². The summed E-state index contributed by atoms with van der Waals surface area (Å²) in [7, 11) is 1.67. The molecule has 15 heavy (non-hydrogen) atoms. The Morgan fingerprint density at radius 1 is 1.60 bits per heavy atom. The zero-order valence-electron chi connectivity index (χ0n) is 8.79. The average molecular weight is 221 g/mol. The highest BCUT2D eigenvalue weighted by molar-refractivity contribution is 5.80. The molecule has 0 unspecified atom stereocenters. The molecule has 88 valence electrons. The highest BCUT2D eigenvalue weighted by atomic mass is 19.3. The maximum atomic E-state index is 12.1. The average Bonchev–Trinajstić information content (AvgIpc) is 2.82. The summed E-state index contributed by atoms with van der Waals surface area (Å²) in [6.07, 6.45) is 0.0830. The molecule has 0 aromatic carbocycles. The number of hydrogen-bond donors (Lipinski definition) is 2. The maximum absolute atomic E-state index is 12.1. The summed E-state index contributed by atoms with van der Waals surface area (Å²) < 4.78 is 24.2. The Morgan fingerprint density at radius 2 is 2.20 bits per heavy atom. The van der Waals surface area contributed by atoms with Crippen LogP contribution in [0, 0.1) is 5.41 Å². The second-order valence-corrected chi connectivity index (χ2v) is 4.36. The van der Waals surface area contributed by atoms with Gasteiger partial charge in [-0.3, -0.25) is 0 Å². The van der Waals surface area contributed by atoms with Gasteiger partial charge in [-0.25, -0.2) is 8.78 Å². The molecular weight excluding hydrogens is 204 g/mol. The number of amidine groups is 1. The van der Waals surface area contributed by atoms with Gasteiger partial charge in [0, 0.05) is 13.0 Å². The first kappa shape index (κ1) is 12.2. The number of hydrogen-bond acceptors (Lipinski definition) is 3. The lowest BCUT2D eigenvalue weighted by molar-refractivity contribution is 0.0914. The van der Waals surface area contributed by atoms with Crippen molar-refractivity contribution in [3.05, 3.63) is 0 Å². The highest BCUT2D eigenvalue weighted by Crippen LogP contribution is 2.49. The molecule has 1 saturated carbocycles. The summed E-state index contributed by atoms with van der Waals surface area (Å²) >= 11 is 0. The van der Waals surface area contributed by atoms with Crippen LogP contribution in [0.2, 0.25) is 0 Å². The van der Waals surface area contributed by atoms with E-state index in [2.05, 4.69) is 5.16 Å². The largest absolute Gasteiger partial charge is 0.409 e. The minimum absolute atomic E-state index is 0.0417. The van der Waals surface area contributed by atoms with Gasteiger partial charge in [0.15, 0.2) is 0 Å². The lowest BCUT2D eigenvalue weighted by atomic mass is 10.0. The van der Waals surface area contributed by atoms with Crippen LogP contribution in [0.3, 0.4) is 0 Å². The molecule has 0 aliphatic heterocycles. The minimum Gasteiger partial charge on any atom is -0.409 e. The highest BCUT2D eigenvalue weighted by Gasteiger charge is 2.44. The molecule has 1 aliphatic carbocycles. The van der Waals surface area contributed by atoms with Crippen molar-refractivity contribution in [2.24, 2.45) is 16.3 Å². The van der Waals surface area contributed by atoms with Gasteiger partial charge < -0.3 is 15.8 Å². The molecule has 0 radical (unpaired) electrons. The van der Waals surface area contributed by atoms with E-state index in [1.807, 2.05) is 0 Å². The van der Waals surface area contributed by atoms with E-state index in [-0.39, 0.29) is 17.8 Å². The molecule has 0 saturated heterocycles. The molecule has 4 nitrogen and oxygen atoms in total. The topological polar surface area (TPSA) is 61.8 Å². The molecule has 0 aromatic heterocycles. The first-order valence-corrected chi connectivity index (χ1v) is 4.90. The van der Waals surface area contributed by atoms with Crippen LogP contribution >= 0.6 is 0 Å². The fraction of sp³-hybridized carbons (Fsp3) is 0.889. The molecule has 1 rings (SSSR count). The number of nitrogens with zero attached hydrogens (tertiary/aromatic N) is 2. The molecule has 0 aromatic rings. The summed E-state index contributed by atoms with van der Waals surface area (Å²) in [5.74, 6) is 0.179. The normalized spacial score (nSPS) is 19.9. The molecule has 0 amide bonds. The maximum Gasteiger partial charge on any atom is 0.251 e. The van der Waals surface area contributed by atoms with Gasteiger partial charge in [0.2, 0.25) is 0 Å². The SMILES string of the molecule is CN(CC(F)F)CC1(CC(N)=NO)CC1. The van der Waals surface area contributed by atoms with Crippen LogP contribution in [0.15, 0.2) is 5.16 Å². The Kier molecular flexibility index (Phi) is 3.84. The number of halogens is 2. The number of oxime groups is 1. The minimum atomic E-state index is -2.31. The van der Waals surface area contributed by atoms with E-state index in [1.54, 1.807) is 11.9 Å². The van der Waals surface area contributed by atoms with Crippen molar-refractivity contribution < 1.29 is 14.0 Å². The standard InChI is InChI=1S/C9H17F2N3O/c1-14(5-7(10)11)6-9(2-3-9)4-8(12)13-15/h7,15H,2-6H2,1H3,(H2,12,13). The van der Waals surface area contributed by atoms with Crippen molar-refractivity contribution in [2.45, 2.75) is 25.7 Å². The third-order valence-corrected chi connectivity index (χ3v) is 2.70. The van der Waals surface area contributed by atoms with Crippen molar-refractivity contribution in [3.8, 4) is 0 Å². The smallest absolute Gasteiger partial charge is 0.251 e. The summed E-state index contributed by atoms with van der Waals surface area (Å²) in [6.45, 7) is 0.353. The van der Waals surface area contributed by atoms with Gasteiger partial charge in [-0.15, -0.1) is 0 Å². The Bertz CT molecular complexity index is 242. The van der Waals surface area contributed by atoms with Gasteiger partial charge in [-0.05, 0) is 25.3 Å². The van der Waals surface area contributed by atoms with Crippen molar-refractivity contribution in [1.29, 1.82) is 0 Å². The fourth-order valence-electron chi connectivity index (χ4n) is 1.86. The van der Waals surface area contributed by atoms with Crippen molar-refractivity contribution >= 4 is 5.84 Å². The first-order valence-electron chi connectivity index (χ1n) is 4.90. The van der Waals surface area contributed by atoms with E-state index in [1.165, 1.54) is 0 Å². The Balaban J connectivity index is 2.37. The monoisotopic (exact) mass is 221 g/mol. The molecule has 0 bridgehead atoms. The predicted octanol–water partition coefficient (Wildman–Crippen LogP) is 1.10. The Labute approximate surface area is 87.7 Å². The van der Waals surface area contributed by atoms with Crippen LogP contribution in [-0.4, -0.2) is 42.5 Å². The van der Waals surface area contributed by atoms with Gasteiger partial charge in [-0.2, -0.15) is 0 Å². The van der Waals surface area contributed by atoms with Crippen molar-refractivity contribution in [3.63, 3.8) is 0 Å². The summed E-state index contributed by atoms with van der Waals surface area (Å²) in [5.41, 5.74) is 5.37. The second kappa shape index (κ2) is 4.74. The van der Waals surface area contributed by atoms with E-state index in [0.29, 0.717) is 13.0 Å². The van der Waals surface area contributed by atoms with Gasteiger partial charge in [0.05, 0.1) is 6.54 Å². The lowest BCUT2D eigenvalue weighted by Gasteiger charge is -2.22. The predicted molar refractivity (Wildman–Crippen MR) is 53.2 cm³/mol. The Morgan fingerprint density at radius 3 is 2.60 bits per heavy atom. The lowest BCUT2D eigenvalue weighted by Crippen LogP contribution is -2.33. The molecule has 6 heteroatoms. The molecule has 3 N–H and O–H groups in total. The van der Waals surface area contributed by atoms with Crippen LogP contribution < -0.4 is 5.73 Å². The zero-order valence-corrected chi connectivity index (χ0v) is 8.79. The van der Waals surface area contributed by atoms with Crippen LogP contribution in [-0.2, 0) is 0 Å². The quantitative estimate of drug-likeness (QED) is 0.305. The molecular formula is C9H17F2N3O. The van der Waals surface area contributed by atoms with Gasteiger partial charge in [0.1, 0.15) is 5.84 Å². The third-order valence-electron chi connectivity index (χ3n) is 2.70. The van der Waals surface area contributed by atoms with Crippen LogP contribution in [0.4, 0.5) is 8.78 Å². The van der Waals surface area contributed by atoms with Crippen LogP contribution in [0.5, 0.6) is 0 Å². The Hall–Kier alpha value is -0.910. The summed E-state index contributed by atoms with van der Waals surface area (Å²) in [4.78, 5) is 1.60. The number of alkyl halides is 2. The molecule has 1 aliphatic rings. The van der Waals surface area contributed by atoms with Gasteiger partial charge in [0.25, 0.3) is 6.43 Å². The molecule has 0 spiro atoms. The fourth-order valence-corrected chi connectivity index (χ4v) is 1.86. The molecule has 0 heterocycles. The number of rotatable bonds is 6. The number of nitrogens with two attached hydrogens (primary N) is 1. The van der Waals surface area contributed by atoms with Crippen LogP contribution in [0.25, 0.3) is 0 Å². The van der Waals surface area contributed by atoms with Gasteiger partial charge >= 0.3 is 0 Å². The van der Waals surface area contributed by atoms with Gasteiger partial charge in [-0.1, -0.05) is 5.16 Å². The summed E-state index contributed by atoms with van der Waals surface area (Å²) in [5, 5.41) is 11.3. The van der Waals surface area contributed by atoms with E-state index < -0.39 is 6.43 Å². The van der Waals surface area contributed by atoms with Crippen molar-refractivity contribution in [2.75, 3.05) is 20.1 Å². The first-order chi connectivity index (χ1) is 6.97. The summed E-state index contributed by atoms with van der Waals surface area (Å²) in [6, 6.07) is 0. The molecule has 0 atom stereocenters. The third kappa shape index (κ3) is 3.99. The van der Waals surface area contributed by atoms with E-state index in [4.69, 9.17) is 10.9 Å². The zero-order chi connectivity index (χ0) is 11.5. The second-order valence-electron chi connectivity index (χ2n) is 4.36. The van der Waals surface area contributed by atoms with E-state index >= 15 is 0 Å². The molecule has 1 fully saturated rings. The van der Waals surface area contributed by atoms with Crippen molar-refractivity contribution in [1.82, 2.24) is 4.90 Å².